The van der Waals surface area contributed by atoms with E-state index in [4.69, 9.17) is 4.74 Å². The van der Waals surface area contributed by atoms with Crippen LogP contribution in [-0.4, -0.2) is 23.4 Å². The molecule has 1 amide bonds. The molecule has 0 aliphatic heterocycles. The topological polar surface area (TPSA) is 75.6 Å². The van der Waals surface area contributed by atoms with Gasteiger partial charge in [-0.15, -0.1) is 0 Å². The van der Waals surface area contributed by atoms with E-state index in [1.165, 1.54) is 18.2 Å². The van der Waals surface area contributed by atoms with Gasteiger partial charge in [-0.3, -0.25) is 9.59 Å². The first-order chi connectivity index (χ1) is 10.1. The van der Waals surface area contributed by atoms with Crippen LogP contribution in [0.5, 0.6) is 11.5 Å². The van der Waals surface area contributed by atoms with E-state index in [1.807, 2.05) is 6.07 Å². The van der Waals surface area contributed by atoms with Gasteiger partial charge in [-0.05, 0) is 21.5 Å². The Morgan fingerprint density at radius 1 is 1.14 bits per heavy atom. The second kappa shape index (κ2) is 6.86. The van der Waals surface area contributed by atoms with Crippen LogP contribution < -0.4 is 9.82 Å². The molecule has 0 radical (unpaired) electrons. The lowest BCUT2D eigenvalue weighted by atomic mass is 10.0. The molecule has 0 aliphatic rings. The Kier molecular flexibility index (Phi) is 4.90. The van der Waals surface area contributed by atoms with E-state index < -0.39 is 0 Å². The predicted molar refractivity (Wildman–Crippen MR) is 81.3 cm³/mol. The van der Waals surface area contributed by atoms with E-state index in [-0.39, 0.29) is 29.6 Å². The number of ether oxygens (including phenoxy) is 1. The average Bonchev–Trinajstić information content (AvgIpc) is 2.53. The molecule has 1 atom stereocenters. The van der Waals surface area contributed by atoms with Crippen molar-refractivity contribution >= 4 is 21.1 Å². The Bertz CT molecular complexity index is 658. The zero-order valence-corrected chi connectivity index (χ0v) is 12.2. The summed E-state index contributed by atoms with van der Waals surface area (Å²) in [5.41, 5.74) is 0.674. The smallest absolute Gasteiger partial charge is 0.260 e. The summed E-state index contributed by atoms with van der Waals surface area (Å²) in [5.74, 6) is -0.468. The fourth-order valence-electron chi connectivity index (χ4n) is 1.73. The standard InChI is InChI=1S/C15H14NO4P/c17-13-8-11(20-9-14(18)16-21)6-7-12(13)15(19)10-4-2-1-3-5-10/h1-8,17H,9,21H2,(H,16,18). The third kappa shape index (κ3) is 3.80. The van der Waals surface area contributed by atoms with Crippen molar-refractivity contribution < 1.29 is 19.4 Å². The summed E-state index contributed by atoms with van der Waals surface area (Å²) in [7, 11) is 2.07. The van der Waals surface area contributed by atoms with E-state index in [0.717, 1.165) is 0 Å². The summed E-state index contributed by atoms with van der Waals surface area (Å²) < 4.78 is 5.18. The van der Waals surface area contributed by atoms with Gasteiger partial charge in [0, 0.05) is 11.6 Å². The van der Waals surface area contributed by atoms with E-state index >= 15 is 0 Å². The van der Waals surface area contributed by atoms with Crippen LogP contribution >= 0.6 is 9.39 Å². The monoisotopic (exact) mass is 303 g/mol. The summed E-state index contributed by atoms with van der Waals surface area (Å²) in [6, 6.07) is 13.0. The highest BCUT2D eigenvalue weighted by Crippen LogP contribution is 2.25. The molecule has 2 N–H and O–H groups in total. The van der Waals surface area contributed by atoms with Crippen molar-refractivity contribution in [1.29, 1.82) is 0 Å². The average molecular weight is 303 g/mol. The molecule has 1 unspecified atom stereocenters. The predicted octanol–water partition coefficient (Wildman–Crippen LogP) is 1.91. The maximum atomic E-state index is 12.2. The van der Waals surface area contributed by atoms with Crippen LogP contribution in [0, 0.1) is 0 Å². The molecule has 0 aromatic heterocycles. The van der Waals surface area contributed by atoms with Gasteiger partial charge in [0.25, 0.3) is 5.91 Å². The Morgan fingerprint density at radius 3 is 2.48 bits per heavy atom. The van der Waals surface area contributed by atoms with Crippen LogP contribution in [0.2, 0.25) is 0 Å². The number of hydrogen-bond acceptors (Lipinski definition) is 4. The summed E-state index contributed by atoms with van der Waals surface area (Å²) in [6.07, 6.45) is 0. The molecule has 0 spiro atoms. The number of benzene rings is 2. The number of amides is 1. The quantitative estimate of drug-likeness (QED) is 0.653. The fraction of sp³-hybridized carbons (Fsp3) is 0.0667. The van der Waals surface area contributed by atoms with Gasteiger partial charge in [-0.1, -0.05) is 30.3 Å². The van der Waals surface area contributed by atoms with Gasteiger partial charge in [0.05, 0.1) is 5.56 Å². The maximum Gasteiger partial charge on any atom is 0.260 e. The van der Waals surface area contributed by atoms with Gasteiger partial charge in [0.2, 0.25) is 0 Å². The molecular formula is C15H14NO4P. The normalized spacial score (nSPS) is 9.95. The largest absolute Gasteiger partial charge is 0.507 e. The molecule has 2 aromatic carbocycles. The molecule has 5 nitrogen and oxygen atoms in total. The molecule has 21 heavy (non-hydrogen) atoms. The molecule has 0 fully saturated rings. The number of ketones is 1. The Morgan fingerprint density at radius 2 is 1.86 bits per heavy atom. The highest BCUT2D eigenvalue weighted by Gasteiger charge is 2.14. The Labute approximate surface area is 124 Å². The summed E-state index contributed by atoms with van der Waals surface area (Å²) in [6.45, 7) is -0.172. The molecule has 2 aromatic rings. The number of nitrogens with one attached hydrogen (secondary N) is 1. The minimum absolute atomic E-state index is 0.172. The molecule has 0 aliphatic carbocycles. The van der Waals surface area contributed by atoms with Crippen molar-refractivity contribution in [1.82, 2.24) is 5.09 Å². The lowest BCUT2D eigenvalue weighted by Crippen LogP contribution is -2.20. The van der Waals surface area contributed by atoms with E-state index in [0.29, 0.717) is 11.3 Å². The summed E-state index contributed by atoms with van der Waals surface area (Å²) >= 11 is 0. The third-order valence-electron chi connectivity index (χ3n) is 2.78. The van der Waals surface area contributed by atoms with Crippen molar-refractivity contribution in [3.63, 3.8) is 0 Å². The van der Waals surface area contributed by atoms with Crippen molar-refractivity contribution in [2.24, 2.45) is 0 Å². The highest BCUT2D eigenvalue weighted by molar-refractivity contribution is 7.15. The molecular weight excluding hydrogens is 289 g/mol. The van der Waals surface area contributed by atoms with Gasteiger partial charge in [-0.25, -0.2) is 0 Å². The SMILES string of the molecule is O=C(COc1ccc(C(=O)c2ccccc2)c(O)c1)NP. The van der Waals surface area contributed by atoms with Crippen LogP contribution in [0.25, 0.3) is 0 Å². The van der Waals surface area contributed by atoms with Crippen LogP contribution in [0.4, 0.5) is 0 Å². The second-order valence-electron chi connectivity index (χ2n) is 4.23. The lowest BCUT2D eigenvalue weighted by molar-refractivity contribution is -0.121. The van der Waals surface area contributed by atoms with Crippen molar-refractivity contribution in [2.45, 2.75) is 0 Å². The Balaban J connectivity index is 2.16. The van der Waals surface area contributed by atoms with Gasteiger partial charge in [0.1, 0.15) is 11.5 Å². The zero-order valence-electron chi connectivity index (χ0n) is 11.1. The molecule has 108 valence electrons. The molecule has 0 saturated carbocycles. The van der Waals surface area contributed by atoms with Gasteiger partial charge >= 0.3 is 0 Å². The summed E-state index contributed by atoms with van der Waals surface area (Å²) in [5, 5.41) is 12.3. The molecule has 6 heteroatoms. The van der Waals surface area contributed by atoms with E-state index in [9.17, 15) is 14.7 Å². The van der Waals surface area contributed by atoms with Gasteiger partial charge < -0.3 is 14.9 Å². The van der Waals surface area contributed by atoms with Crippen LogP contribution in [-0.2, 0) is 4.79 Å². The first-order valence-corrected chi connectivity index (χ1v) is 6.74. The molecule has 0 heterocycles. The number of hydrogen-bond donors (Lipinski definition) is 2. The van der Waals surface area contributed by atoms with Crippen LogP contribution in [0.3, 0.4) is 0 Å². The number of phenolic OH excluding ortho intramolecular Hbond substituents is 1. The van der Waals surface area contributed by atoms with Gasteiger partial charge in [-0.2, -0.15) is 0 Å². The van der Waals surface area contributed by atoms with Crippen LogP contribution in [0.15, 0.2) is 48.5 Å². The number of carbonyl (C=O) groups excluding carboxylic acids is 2. The fourth-order valence-corrected chi connectivity index (χ4v) is 1.81. The van der Waals surface area contributed by atoms with Crippen molar-refractivity contribution in [3.8, 4) is 11.5 Å². The highest BCUT2D eigenvalue weighted by atomic mass is 31.0. The third-order valence-corrected chi connectivity index (χ3v) is 3.10. The lowest BCUT2D eigenvalue weighted by Gasteiger charge is -2.08. The first-order valence-electron chi connectivity index (χ1n) is 6.17. The van der Waals surface area contributed by atoms with E-state index in [1.54, 1.807) is 24.3 Å². The number of carbonyl (C=O) groups is 2. The first kappa shape index (κ1) is 15.0. The minimum atomic E-state index is -0.316. The molecule has 2 rings (SSSR count). The second-order valence-corrected chi connectivity index (χ2v) is 4.52. The Hall–Kier alpha value is -2.39. The van der Waals surface area contributed by atoms with E-state index in [2.05, 4.69) is 14.5 Å². The number of rotatable bonds is 5. The number of aromatic hydroxyl groups is 1. The summed E-state index contributed by atoms with van der Waals surface area (Å²) in [4.78, 5) is 23.3. The minimum Gasteiger partial charge on any atom is -0.507 e. The molecule has 0 bridgehead atoms. The van der Waals surface area contributed by atoms with Crippen LogP contribution in [0.1, 0.15) is 15.9 Å². The maximum absolute atomic E-state index is 12.2. The number of phenols is 1. The van der Waals surface area contributed by atoms with Crippen molar-refractivity contribution in [2.75, 3.05) is 6.61 Å². The molecule has 0 saturated heterocycles. The van der Waals surface area contributed by atoms with Gasteiger partial charge in [0.15, 0.2) is 12.4 Å². The van der Waals surface area contributed by atoms with Crippen molar-refractivity contribution in [3.05, 3.63) is 59.7 Å². The zero-order chi connectivity index (χ0) is 15.2.